The fourth-order valence-electron chi connectivity index (χ4n) is 5.29. The monoisotopic (exact) mass is 530 g/mol. The summed E-state index contributed by atoms with van der Waals surface area (Å²) in [4.78, 5) is 2.18. The van der Waals surface area contributed by atoms with E-state index in [4.69, 9.17) is 14.2 Å². The molecule has 0 saturated carbocycles. The number of nitrogens with zero attached hydrogens (tertiary/aromatic N) is 1. The van der Waals surface area contributed by atoms with E-state index < -0.39 is 0 Å². The number of hydrogen-bond acceptors (Lipinski definition) is 6. The van der Waals surface area contributed by atoms with Crippen molar-refractivity contribution < 1.29 is 19.3 Å². The molecule has 0 spiro atoms. The molecule has 4 rings (SSSR count). The molecule has 1 aliphatic rings. The Morgan fingerprint density at radius 1 is 1.03 bits per heavy atom. The number of fused-ring (bicyclic) bond motifs is 1. The van der Waals surface area contributed by atoms with Crippen molar-refractivity contribution >= 4 is 5.69 Å². The second kappa shape index (κ2) is 13.9. The summed E-state index contributed by atoms with van der Waals surface area (Å²) in [6.07, 6.45) is 6.81. The van der Waals surface area contributed by atoms with E-state index in [1.165, 1.54) is 22.3 Å². The zero-order valence-electron chi connectivity index (χ0n) is 23.5. The Morgan fingerprint density at radius 2 is 1.79 bits per heavy atom. The van der Waals surface area contributed by atoms with Crippen molar-refractivity contribution in [2.24, 2.45) is 0 Å². The van der Waals surface area contributed by atoms with Gasteiger partial charge in [0.25, 0.3) is 0 Å². The van der Waals surface area contributed by atoms with Gasteiger partial charge in [-0.25, -0.2) is 0 Å². The molecule has 208 valence electrons. The topological polar surface area (TPSA) is 63.2 Å². The van der Waals surface area contributed by atoms with Gasteiger partial charge in [-0.1, -0.05) is 24.3 Å². The minimum Gasteiger partial charge on any atom is -0.508 e. The lowest BCUT2D eigenvalue weighted by molar-refractivity contribution is 0.249. The second-order valence-electron chi connectivity index (χ2n) is 10.3. The molecule has 2 N–H and O–H groups in total. The van der Waals surface area contributed by atoms with Crippen molar-refractivity contribution in [3.05, 3.63) is 89.5 Å². The minimum atomic E-state index is 0.343. The van der Waals surface area contributed by atoms with Crippen LogP contribution in [0.1, 0.15) is 41.0 Å². The van der Waals surface area contributed by atoms with E-state index >= 15 is 0 Å². The van der Waals surface area contributed by atoms with Gasteiger partial charge in [0.1, 0.15) is 18.1 Å². The van der Waals surface area contributed by atoms with E-state index in [9.17, 15) is 5.11 Å². The molecule has 3 aromatic rings. The third-order valence-electron chi connectivity index (χ3n) is 7.48. The fourth-order valence-corrected chi connectivity index (χ4v) is 5.29. The van der Waals surface area contributed by atoms with Crippen molar-refractivity contribution in [3.8, 4) is 23.0 Å². The molecule has 0 radical (unpaired) electrons. The van der Waals surface area contributed by atoms with Crippen LogP contribution in [0.2, 0.25) is 0 Å². The number of phenolic OH excluding ortho intramolecular Hbond substituents is 1. The average Bonchev–Trinajstić information content (AvgIpc) is 2.95. The zero-order valence-corrected chi connectivity index (χ0v) is 23.5. The summed E-state index contributed by atoms with van der Waals surface area (Å²) < 4.78 is 17.1. The van der Waals surface area contributed by atoms with Crippen molar-refractivity contribution in [1.82, 2.24) is 4.90 Å². The summed E-state index contributed by atoms with van der Waals surface area (Å²) in [5.41, 5.74) is 6.21. The quantitative estimate of drug-likeness (QED) is 0.191. The third-order valence-corrected chi connectivity index (χ3v) is 7.48. The van der Waals surface area contributed by atoms with Gasteiger partial charge in [0.15, 0.2) is 11.5 Å². The van der Waals surface area contributed by atoms with Gasteiger partial charge in [-0.2, -0.15) is 0 Å². The number of methoxy groups -OCH3 is 2. The van der Waals surface area contributed by atoms with Crippen molar-refractivity contribution in [2.75, 3.05) is 52.8 Å². The van der Waals surface area contributed by atoms with Crippen LogP contribution in [0.25, 0.3) is 0 Å². The van der Waals surface area contributed by atoms with Crippen LogP contribution in [-0.4, -0.2) is 57.5 Å². The fraction of sp³-hybridized carbons (Fsp3) is 0.394. The molecule has 6 nitrogen and oxygen atoms in total. The summed E-state index contributed by atoms with van der Waals surface area (Å²) in [7, 11) is 5.43. The lowest BCUT2D eigenvalue weighted by atomic mass is 9.79. The molecular formula is C33H42N2O4. The van der Waals surface area contributed by atoms with Gasteiger partial charge in [-0.3, -0.25) is 4.90 Å². The molecule has 1 unspecified atom stereocenters. The maximum absolute atomic E-state index is 9.88. The van der Waals surface area contributed by atoms with Gasteiger partial charge in [0.05, 0.1) is 14.2 Å². The molecule has 0 amide bonds. The van der Waals surface area contributed by atoms with E-state index in [1.54, 1.807) is 20.3 Å². The number of nitrogens with one attached hydrogen (secondary N) is 1. The Balaban J connectivity index is 1.35. The van der Waals surface area contributed by atoms with Crippen LogP contribution in [0, 0.1) is 0 Å². The smallest absolute Gasteiger partial charge is 0.162 e. The standard InChI is InChI=1S/C33H42N2O4/c1-5-17-35(2)18-19-39-29-14-8-24(9-15-29)7-6-16-34-31-23-33(38-4)32(37-3)22-30(31)27-11-10-26-21-28(36)13-12-25(26)20-27/h5,8-9,12-15,21-23,27,34,36H,1,6-7,10-11,16-20H2,2-4H3. The summed E-state index contributed by atoms with van der Waals surface area (Å²) in [6.45, 7) is 7.02. The van der Waals surface area contributed by atoms with Crippen molar-refractivity contribution in [2.45, 2.75) is 38.0 Å². The van der Waals surface area contributed by atoms with Crippen molar-refractivity contribution in [1.29, 1.82) is 0 Å². The minimum absolute atomic E-state index is 0.343. The number of ether oxygens (including phenoxy) is 3. The first kappa shape index (κ1) is 28.4. The molecule has 6 heteroatoms. The number of benzene rings is 3. The van der Waals surface area contributed by atoms with Crippen molar-refractivity contribution in [3.63, 3.8) is 0 Å². The second-order valence-corrected chi connectivity index (χ2v) is 10.3. The largest absolute Gasteiger partial charge is 0.508 e. The predicted molar refractivity (Wildman–Crippen MR) is 159 cm³/mol. The van der Waals surface area contributed by atoms with Crippen LogP contribution >= 0.6 is 0 Å². The molecule has 0 aliphatic heterocycles. The number of phenols is 1. The number of aromatic hydroxyl groups is 1. The highest BCUT2D eigenvalue weighted by molar-refractivity contribution is 5.62. The van der Waals surface area contributed by atoms with Crippen LogP contribution < -0.4 is 19.5 Å². The van der Waals surface area contributed by atoms with E-state index in [1.807, 2.05) is 12.1 Å². The van der Waals surface area contributed by atoms with Crippen LogP contribution in [-0.2, 0) is 19.3 Å². The Labute approximate surface area is 233 Å². The Morgan fingerprint density at radius 3 is 2.54 bits per heavy atom. The predicted octanol–water partition coefficient (Wildman–Crippen LogP) is 6.22. The third kappa shape index (κ3) is 7.70. The van der Waals surface area contributed by atoms with Gasteiger partial charge in [0.2, 0.25) is 0 Å². The van der Waals surface area contributed by atoms with Gasteiger partial charge >= 0.3 is 0 Å². The normalized spacial score (nSPS) is 14.5. The first-order chi connectivity index (χ1) is 19.0. The lowest BCUT2D eigenvalue weighted by Gasteiger charge is -2.28. The van der Waals surface area contributed by atoms with Gasteiger partial charge < -0.3 is 24.6 Å². The molecule has 1 atom stereocenters. The summed E-state index contributed by atoms with van der Waals surface area (Å²) in [5, 5.41) is 13.6. The number of likely N-dealkylation sites (N-methyl/N-ethyl adjacent to an activating group) is 1. The maximum atomic E-state index is 9.88. The Hall–Kier alpha value is -3.64. The molecular weight excluding hydrogens is 488 g/mol. The summed E-state index contributed by atoms with van der Waals surface area (Å²) in [6, 6.07) is 18.4. The molecule has 3 aromatic carbocycles. The van der Waals surface area contributed by atoms with E-state index in [0.717, 1.165) is 74.7 Å². The average molecular weight is 531 g/mol. The SMILES string of the molecule is C=CCN(C)CCOc1ccc(CCCNc2cc(OC)c(OC)cc2C2CCc3cc(O)ccc3C2)cc1. The molecule has 0 fully saturated rings. The summed E-state index contributed by atoms with van der Waals surface area (Å²) in [5.74, 6) is 3.10. The number of anilines is 1. The highest BCUT2D eigenvalue weighted by atomic mass is 16.5. The van der Waals surface area contributed by atoms with Crippen LogP contribution in [0.15, 0.2) is 67.3 Å². The highest BCUT2D eigenvalue weighted by Gasteiger charge is 2.24. The van der Waals surface area contributed by atoms with Crippen LogP contribution in [0.4, 0.5) is 5.69 Å². The van der Waals surface area contributed by atoms with Gasteiger partial charge in [0, 0.05) is 31.4 Å². The van der Waals surface area contributed by atoms with Crippen LogP contribution in [0.3, 0.4) is 0 Å². The van der Waals surface area contributed by atoms with E-state index in [-0.39, 0.29) is 0 Å². The zero-order chi connectivity index (χ0) is 27.6. The number of rotatable bonds is 14. The Kier molecular flexibility index (Phi) is 10.1. The number of aryl methyl sites for hydroxylation is 2. The molecule has 0 aromatic heterocycles. The van der Waals surface area contributed by atoms with E-state index in [2.05, 4.69) is 66.3 Å². The molecule has 0 saturated heterocycles. The molecule has 1 aliphatic carbocycles. The van der Waals surface area contributed by atoms with E-state index in [0.29, 0.717) is 18.3 Å². The summed E-state index contributed by atoms with van der Waals surface area (Å²) >= 11 is 0. The molecule has 0 bridgehead atoms. The molecule has 39 heavy (non-hydrogen) atoms. The first-order valence-electron chi connectivity index (χ1n) is 13.8. The first-order valence-corrected chi connectivity index (χ1v) is 13.8. The number of hydrogen-bond donors (Lipinski definition) is 2. The van der Waals surface area contributed by atoms with Gasteiger partial charge in [-0.15, -0.1) is 6.58 Å². The molecule has 0 heterocycles. The maximum Gasteiger partial charge on any atom is 0.162 e. The van der Waals surface area contributed by atoms with Crippen LogP contribution in [0.5, 0.6) is 23.0 Å². The highest BCUT2D eigenvalue weighted by Crippen LogP contribution is 2.42. The lowest BCUT2D eigenvalue weighted by Crippen LogP contribution is -2.24. The van der Waals surface area contributed by atoms with Gasteiger partial charge in [-0.05, 0) is 97.7 Å². The Bertz CT molecular complexity index is 1230.